The molecule has 0 bridgehead atoms. The third kappa shape index (κ3) is 2.14. The second-order valence-electron chi connectivity index (χ2n) is 5.00. The van der Waals surface area contributed by atoms with Gasteiger partial charge in [0.25, 0.3) is 0 Å². The van der Waals surface area contributed by atoms with Crippen LogP contribution in [0.2, 0.25) is 0 Å². The number of anilines is 2. The third-order valence-corrected chi connectivity index (χ3v) is 3.55. The molecule has 3 N–H and O–H groups in total. The molecule has 0 spiro atoms. The van der Waals surface area contributed by atoms with E-state index in [0.717, 1.165) is 5.39 Å². The van der Waals surface area contributed by atoms with Gasteiger partial charge in [-0.3, -0.25) is 0 Å². The van der Waals surface area contributed by atoms with Gasteiger partial charge >= 0.3 is 0 Å². The Labute approximate surface area is 135 Å². The summed E-state index contributed by atoms with van der Waals surface area (Å²) in [7, 11) is 3.31. The van der Waals surface area contributed by atoms with Crippen LogP contribution >= 0.6 is 0 Å². The van der Waals surface area contributed by atoms with E-state index in [4.69, 9.17) is 14.9 Å². The van der Waals surface area contributed by atoms with E-state index in [-0.39, 0.29) is 0 Å². The first-order valence-electron chi connectivity index (χ1n) is 7.11. The van der Waals surface area contributed by atoms with E-state index in [1.54, 1.807) is 38.6 Å². The van der Waals surface area contributed by atoms with E-state index in [9.17, 15) is 0 Å². The molecule has 0 unspecified atom stereocenters. The van der Waals surface area contributed by atoms with Crippen LogP contribution in [0.15, 0.2) is 28.8 Å². The van der Waals surface area contributed by atoms with Gasteiger partial charge in [-0.15, -0.1) is 10.2 Å². The lowest BCUT2D eigenvalue weighted by atomic mass is 10.1. The SMILES string of the molecule is CNc1ncc(-c2nc3nc(OC)ccc3o2)c2cc(N)nnc12. The van der Waals surface area contributed by atoms with Crippen molar-refractivity contribution in [2.45, 2.75) is 0 Å². The van der Waals surface area contributed by atoms with E-state index in [0.29, 0.717) is 45.7 Å². The Balaban J connectivity index is 1.97. The number of ether oxygens (including phenoxy) is 1. The molecule has 0 saturated carbocycles. The minimum absolute atomic E-state index is 0.299. The first-order chi connectivity index (χ1) is 11.7. The van der Waals surface area contributed by atoms with Gasteiger partial charge in [0.05, 0.1) is 12.7 Å². The lowest BCUT2D eigenvalue weighted by Crippen LogP contribution is -2.00. The molecular formula is C15H13N7O2. The van der Waals surface area contributed by atoms with Gasteiger partial charge in [-0.1, -0.05) is 0 Å². The number of aromatic nitrogens is 5. The van der Waals surface area contributed by atoms with Crippen LogP contribution in [-0.2, 0) is 0 Å². The number of rotatable bonds is 3. The summed E-state index contributed by atoms with van der Waals surface area (Å²) in [5.74, 6) is 1.73. The van der Waals surface area contributed by atoms with Crippen LogP contribution in [0.4, 0.5) is 11.6 Å². The van der Waals surface area contributed by atoms with Crippen LogP contribution in [0.25, 0.3) is 33.6 Å². The lowest BCUT2D eigenvalue weighted by Gasteiger charge is -2.06. The minimum Gasteiger partial charge on any atom is -0.481 e. The molecule has 9 nitrogen and oxygen atoms in total. The molecule has 9 heteroatoms. The quantitative estimate of drug-likeness (QED) is 0.581. The number of fused-ring (bicyclic) bond motifs is 2. The number of nitrogens with one attached hydrogen (secondary N) is 1. The summed E-state index contributed by atoms with van der Waals surface area (Å²) in [4.78, 5) is 13.0. The normalized spacial score (nSPS) is 11.1. The maximum atomic E-state index is 5.80. The Morgan fingerprint density at radius 1 is 1.21 bits per heavy atom. The van der Waals surface area contributed by atoms with E-state index in [2.05, 4.69) is 30.5 Å². The van der Waals surface area contributed by atoms with Crippen LogP contribution in [0.3, 0.4) is 0 Å². The molecule has 0 saturated heterocycles. The van der Waals surface area contributed by atoms with Crippen molar-refractivity contribution < 1.29 is 9.15 Å². The lowest BCUT2D eigenvalue weighted by molar-refractivity contribution is 0.399. The van der Waals surface area contributed by atoms with Crippen molar-refractivity contribution in [3.8, 4) is 17.3 Å². The Hall–Kier alpha value is -3.49. The molecule has 4 aromatic rings. The summed E-state index contributed by atoms with van der Waals surface area (Å²) in [5, 5.41) is 11.7. The number of pyridine rings is 2. The monoisotopic (exact) mass is 323 g/mol. The summed E-state index contributed by atoms with van der Waals surface area (Å²) in [6.45, 7) is 0. The summed E-state index contributed by atoms with van der Waals surface area (Å²) in [5.41, 5.74) is 8.01. The van der Waals surface area contributed by atoms with Crippen LogP contribution < -0.4 is 15.8 Å². The second kappa shape index (κ2) is 5.30. The highest BCUT2D eigenvalue weighted by molar-refractivity contribution is 5.99. The van der Waals surface area contributed by atoms with Gasteiger partial charge in [0.1, 0.15) is 11.3 Å². The van der Waals surface area contributed by atoms with Gasteiger partial charge in [0.15, 0.2) is 11.4 Å². The Kier molecular flexibility index (Phi) is 3.12. The van der Waals surface area contributed by atoms with Crippen molar-refractivity contribution in [2.75, 3.05) is 25.2 Å². The average Bonchev–Trinajstić information content (AvgIpc) is 3.03. The number of hydrogen-bond donors (Lipinski definition) is 2. The number of nitrogens with two attached hydrogens (primary N) is 1. The largest absolute Gasteiger partial charge is 0.481 e. The highest BCUT2D eigenvalue weighted by atomic mass is 16.5. The van der Waals surface area contributed by atoms with Gasteiger partial charge in [-0.2, -0.15) is 9.97 Å². The standard InChI is InChI=1S/C15H13N7O2/c1-17-14-12-7(5-10(16)21-22-12)8(6-18-14)15-20-13-9(24-15)3-4-11(19-13)23-2/h3-6H,1-2H3,(H2,16,21)(H,17,18). The molecule has 0 aliphatic rings. The number of hydrogen-bond acceptors (Lipinski definition) is 9. The van der Waals surface area contributed by atoms with Gasteiger partial charge in [-0.25, -0.2) is 4.98 Å². The molecule has 4 aromatic heterocycles. The van der Waals surface area contributed by atoms with E-state index >= 15 is 0 Å². The van der Waals surface area contributed by atoms with Crippen molar-refractivity contribution in [3.05, 3.63) is 24.4 Å². The molecule has 120 valence electrons. The summed E-state index contributed by atoms with van der Waals surface area (Å²) >= 11 is 0. The summed E-state index contributed by atoms with van der Waals surface area (Å²) < 4.78 is 10.9. The molecule has 0 aromatic carbocycles. The second-order valence-corrected chi connectivity index (χ2v) is 5.00. The van der Waals surface area contributed by atoms with Gasteiger partial charge in [-0.05, 0) is 12.1 Å². The van der Waals surface area contributed by atoms with E-state index in [1.807, 2.05) is 0 Å². The molecule has 0 fully saturated rings. The first kappa shape index (κ1) is 14.1. The fourth-order valence-corrected chi connectivity index (χ4v) is 2.43. The van der Waals surface area contributed by atoms with Crippen molar-refractivity contribution in [1.29, 1.82) is 0 Å². The molecule has 0 radical (unpaired) electrons. The minimum atomic E-state index is 0.299. The highest BCUT2D eigenvalue weighted by Gasteiger charge is 2.16. The highest BCUT2D eigenvalue weighted by Crippen LogP contribution is 2.32. The zero-order valence-corrected chi connectivity index (χ0v) is 12.9. The molecule has 24 heavy (non-hydrogen) atoms. The fraction of sp³-hybridized carbons (Fsp3) is 0.133. The zero-order chi connectivity index (χ0) is 16.7. The van der Waals surface area contributed by atoms with Gasteiger partial charge in [0, 0.05) is 24.7 Å². The molecule has 0 amide bonds. The van der Waals surface area contributed by atoms with Crippen LogP contribution in [0, 0.1) is 0 Å². The molecular weight excluding hydrogens is 310 g/mol. The van der Waals surface area contributed by atoms with Gasteiger partial charge in [0.2, 0.25) is 17.4 Å². The molecule has 0 aliphatic carbocycles. The summed E-state index contributed by atoms with van der Waals surface area (Å²) in [6.07, 6.45) is 1.65. The molecule has 4 rings (SSSR count). The topological polar surface area (TPSA) is 125 Å². The zero-order valence-electron chi connectivity index (χ0n) is 12.9. The molecule has 4 heterocycles. The summed E-state index contributed by atoms with van der Waals surface area (Å²) in [6, 6.07) is 5.17. The Morgan fingerprint density at radius 3 is 2.88 bits per heavy atom. The maximum absolute atomic E-state index is 5.80. The number of nitrogen functional groups attached to an aromatic ring is 1. The van der Waals surface area contributed by atoms with Crippen LogP contribution in [-0.4, -0.2) is 39.3 Å². The Bertz CT molecular complexity index is 1060. The van der Waals surface area contributed by atoms with E-state index in [1.165, 1.54) is 0 Å². The number of nitrogens with zero attached hydrogens (tertiary/aromatic N) is 5. The van der Waals surface area contributed by atoms with Gasteiger partial charge < -0.3 is 20.2 Å². The van der Waals surface area contributed by atoms with Crippen LogP contribution in [0.1, 0.15) is 0 Å². The average molecular weight is 323 g/mol. The number of methoxy groups -OCH3 is 1. The Morgan fingerprint density at radius 2 is 2.08 bits per heavy atom. The van der Waals surface area contributed by atoms with E-state index < -0.39 is 0 Å². The molecule has 0 aliphatic heterocycles. The number of oxazole rings is 1. The molecule has 0 atom stereocenters. The van der Waals surface area contributed by atoms with Crippen molar-refractivity contribution in [2.24, 2.45) is 0 Å². The first-order valence-corrected chi connectivity index (χ1v) is 7.11. The van der Waals surface area contributed by atoms with Crippen molar-refractivity contribution >= 4 is 33.8 Å². The predicted octanol–water partition coefficient (Wildman–Crippen LogP) is 1.86. The van der Waals surface area contributed by atoms with Crippen LogP contribution in [0.5, 0.6) is 5.88 Å². The van der Waals surface area contributed by atoms with Crippen molar-refractivity contribution in [3.63, 3.8) is 0 Å². The fourth-order valence-electron chi connectivity index (χ4n) is 2.43. The smallest absolute Gasteiger partial charge is 0.231 e. The maximum Gasteiger partial charge on any atom is 0.231 e. The predicted molar refractivity (Wildman–Crippen MR) is 88.6 cm³/mol. The van der Waals surface area contributed by atoms with Crippen molar-refractivity contribution in [1.82, 2.24) is 25.1 Å². The third-order valence-electron chi connectivity index (χ3n) is 3.55.